The first-order valence-electron chi connectivity index (χ1n) is 5.76. The van der Waals surface area contributed by atoms with Crippen LogP contribution in [0.15, 0.2) is 18.6 Å². The van der Waals surface area contributed by atoms with Crippen LogP contribution in [-0.2, 0) is 0 Å². The summed E-state index contributed by atoms with van der Waals surface area (Å²) in [6.07, 6.45) is 1.22. The third-order valence-corrected chi connectivity index (χ3v) is 2.27. The van der Waals surface area contributed by atoms with Gasteiger partial charge in [-0.1, -0.05) is 6.92 Å². The van der Waals surface area contributed by atoms with Gasteiger partial charge in [-0.05, 0) is 6.42 Å². The molecule has 0 amide bonds. The van der Waals surface area contributed by atoms with Crippen LogP contribution in [0.4, 0.5) is 19.0 Å². The number of hydrogen-bond acceptors (Lipinski definition) is 4. The Morgan fingerprint density at radius 3 is 2.89 bits per heavy atom. The van der Waals surface area contributed by atoms with Crippen molar-refractivity contribution in [1.82, 2.24) is 14.4 Å². The van der Waals surface area contributed by atoms with Gasteiger partial charge in [-0.15, -0.1) is 0 Å². The van der Waals surface area contributed by atoms with Crippen LogP contribution in [0.5, 0.6) is 5.88 Å². The monoisotopic (exact) mass is 274 g/mol. The van der Waals surface area contributed by atoms with Gasteiger partial charge in [0.2, 0.25) is 5.65 Å². The molecule has 0 aliphatic heterocycles. The molecule has 0 aromatic carbocycles. The van der Waals surface area contributed by atoms with Crippen LogP contribution < -0.4 is 10.1 Å². The van der Waals surface area contributed by atoms with Crippen LogP contribution in [0, 0.1) is 0 Å². The van der Waals surface area contributed by atoms with Gasteiger partial charge in [0.25, 0.3) is 5.88 Å². The van der Waals surface area contributed by atoms with E-state index in [0.717, 1.165) is 6.42 Å². The average Bonchev–Trinajstić information content (AvgIpc) is 2.80. The van der Waals surface area contributed by atoms with Gasteiger partial charge in [0, 0.05) is 18.9 Å². The molecular weight excluding hydrogens is 261 g/mol. The summed E-state index contributed by atoms with van der Waals surface area (Å²) in [5.41, 5.74) is 0.256. The molecule has 0 saturated heterocycles. The molecule has 19 heavy (non-hydrogen) atoms. The Kier molecular flexibility index (Phi) is 3.77. The zero-order valence-electron chi connectivity index (χ0n) is 10.2. The quantitative estimate of drug-likeness (QED) is 0.910. The molecule has 2 aromatic heterocycles. The molecule has 0 saturated carbocycles. The van der Waals surface area contributed by atoms with Crippen LogP contribution in [0.2, 0.25) is 0 Å². The van der Waals surface area contributed by atoms with Crippen molar-refractivity contribution < 1.29 is 17.9 Å². The number of alkyl halides is 3. The van der Waals surface area contributed by atoms with Crippen molar-refractivity contribution in [1.29, 1.82) is 0 Å². The molecule has 0 bridgehead atoms. The van der Waals surface area contributed by atoms with Crippen molar-refractivity contribution in [2.45, 2.75) is 19.5 Å². The summed E-state index contributed by atoms with van der Waals surface area (Å²) in [7, 11) is 0. The predicted molar refractivity (Wildman–Crippen MR) is 63.3 cm³/mol. The van der Waals surface area contributed by atoms with Gasteiger partial charge in [0.1, 0.15) is 5.82 Å². The fourth-order valence-corrected chi connectivity index (χ4v) is 1.49. The van der Waals surface area contributed by atoms with Crippen molar-refractivity contribution in [3.05, 3.63) is 18.6 Å². The summed E-state index contributed by atoms with van der Waals surface area (Å²) < 4.78 is 42.8. The van der Waals surface area contributed by atoms with Gasteiger partial charge in [-0.3, -0.25) is 4.40 Å². The topological polar surface area (TPSA) is 51.5 Å². The number of fused-ring (bicyclic) bond motifs is 1. The standard InChI is InChI=1S/C11H13F3N4O/c1-2-3-15-8-6-18-5-4-16-9(18)10(17-8)19-7-11(12,13)14/h4-6,15H,2-3,7H2,1H3. The third kappa shape index (κ3) is 3.49. The molecule has 2 aromatic rings. The van der Waals surface area contributed by atoms with E-state index in [1.807, 2.05) is 6.92 Å². The Hall–Kier alpha value is -1.99. The number of halogens is 3. The number of anilines is 1. The van der Waals surface area contributed by atoms with Gasteiger partial charge in [-0.2, -0.15) is 18.2 Å². The first-order chi connectivity index (χ1) is 8.99. The maximum absolute atomic E-state index is 12.2. The molecule has 0 aliphatic carbocycles. The van der Waals surface area contributed by atoms with E-state index in [4.69, 9.17) is 4.74 Å². The van der Waals surface area contributed by atoms with Crippen molar-refractivity contribution in [3.63, 3.8) is 0 Å². The number of nitrogens with zero attached hydrogens (tertiary/aromatic N) is 3. The number of hydrogen-bond donors (Lipinski definition) is 1. The Morgan fingerprint density at radius 2 is 2.21 bits per heavy atom. The van der Waals surface area contributed by atoms with Gasteiger partial charge < -0.3 is 10.1 Å². The SMILES string of the molecule is CCCNc1cn2ccnc2c(OCC(F)(F)F)n1. The molecule has 5 nitrogen and oxygen atoms in total. The highest BCUT2D eigenvalue weighted by Gasteiger charge is 2.29. The van der Waals surface area contributed by atoms with Crippen molar-refractivity contribution in [2.24, 2.45) is 0 Å². The maximum Gasteiger partial charge on any atom is 0.422 e. The summed E-state index contributed by atoms with van der Waals surface area (Å²) >= 11 is 0. The van der Waals surface area contributed by atoms with Crippen LogP contribution >= 0.6 is 0 Å². The van der Waals surface area contributed by atoms with E-state index in [1.54, 1.807) is 16.8 Å². The highest BCUT2D eigenvalue weighted by molar-refractivity contribution is 5.53. The Bertz CT molecular complexity index is 552. The molecule has 8 heteroatoms. The first kappa shape index (κ1) is 13.4. The molecule has 0 unspecified atom stereocenters. The lowest BCUT2D eigenvalue weighted by atomic mass is 10.5. The van der Waals surface area contributed by atoms with E-state index < -0.39 is 12.8 Å². The minimum absolute atomic E-state index is 0.136. The van der Waals surface area contributed by atoms with Crippen LogP contribution in [0.3, 0.4) is 0 Å². The molecule has 2 heterocycles. The zero-order chi connectivity index (χ0) is 13.9. The Morgan fingerprint density at radius 1 is 1.42 bits per heavy atom. The number of nitrogens with one attached hydrogen (secondary N) is 1. The van der Waals surface area contributed by atoms with Gasteiger partial charge >= 0.3 is 6.18 Å². The first-order valence-corrected chi connectivity index (χ1v) is 5.76. The molecule has 0 fully saturated rings. The second kappa shape index (κ2) is 5.33. The summed E-state index contributed by atoms with van der Waals surface area (Å²) in [6, 6.07) is 0. The third-order valence-electron chi connectivity index (χ3n) is 2.27. The Balaban J connectivity index is 2.26. The maximum atomic E-state index is 12.2. The lowest BCUT2D eigenvalue weighted by Crippen LogP contribution is -2.20. The molecule has 0 radical (unpaired) electrons. The normalized spacial score (nSPS) is 11.8. The Labute approximate surface area is 107 Å². The van der Waals surface area contributed by atoms with E-state index in [1.165, 1.54) is 6.20 Å². The van der Waals surface area contributed by atoms with E-state index in [9.17, 15) is 13.2 Å². The van der Waals surface area contributed by atoms with Crippen molar-refractivity contribution in [3.8, 4) is 5.88 Å². The lowest BCUT2D eigenvalue weighted by molar-refractivity contribution is -0.153. The van der Waals surface area contributed by atoms with Gasteiger partial charge in [0.15, 0.2) is 6.61 Å². The molecular formula is C11H13F3N4O. The lowest BCUT2D eigenvalue weighted by Gasteiger charge is -2.11. The minimum Gasteiger partial charge on any atom is -0.465 e. The smallest absolute Gasteiger partial charge is 0.422 e. The van der Waals surface area contributed by atoms with Crippen molar-refractivity contribution in [2.75, 3.05) is 18.5 Å². The predicted octanol–water partition coefficient (Wildman–Crippen LogP) is 2.49. The summed E-state index contributed by atoms with van der Waals surface area (Å²) in [5, 5.41) is 2.99. The zero-order valence-corrected chi connectivity index (χ0v) is 10.2. The van der Waals surface area contributed by atoms with E-state index >= 15 is 0 Å². The second-order valence-corrected chi connectivity index (χ2v) is 3.92. The molecule has 0 aliphatic rings. The molecule has 0 spiro atoms. The van der Waals surface area contributed by atoms with E-state index in [-0.39, 0.29) is 11.5 Å². The molecule has 0 atom stereocenters. The van der Waals surface area contributed by atoms with Gasteiger partial charge in [0.05, 0.1) is 6.20 Å². The number of aromatic nitrogens is 3. The van der Waals surface area contributed by atoms with Crippen LogP contribution in [0.25, 0.3) is 5.65 Å². The molecule has 1 N–H and O–H groups in total. The fourth-order valence-electron chi connectivity index (χ4n) is 1.49. The average molecular weight is 274 g/mol. The van der Waals surface area contributed by atoms with Gasteiger partial charge in [-0.25, -0.2) is 4.98 Å². The molecule has 104 valence electrons. The van der Waals surface area contributed by atoms with E-state index in [2.05, 4.69) is 15.3 Å². The van der Waals surface area contributed by atoms with E-state index in [0.29, 0.717) is 12.4 Å². The number of ether oxygens (including phenoxy) is 1. The fraction of sp³-hybridized carbons (Fsp3) is 0.455. The number of rotatable bonds is 5. The van der Waals surface area contributed by atoms with Crippen LogP contribution in [-0.4, -0.2) is 33.7 Å². The minimum atomic E-state index is -4.40. The molecule has 2 rings (SSSR count). The number of imidazole rings is 1. The van der Waals surface area contributed by atoms with Crippen LogP contribution in [0.1, 0.15) is 13.3 Å². The van der Waals surface area contributed by atoms with Crippen molar-refractivity contribution >= 4 is 11.5 Å². The summed E-state index contributed by atoms with van der Waals surface area (Å²) in [5.74, 6) is 0.313. The highest BCUT2D eigenvalue weighted by Crippen LogP contribution is 2.22. The highest BCUT2D eigenvalue weighted by atomic mass is 19.4. The summed E-state index contributed by atoms with van der Waals surface area (Å²) in [4.78, 5) is 7.92. The largest absolute Gasteiger partial charge is 0.465 e. The second-order valence-electron chi connectivity index (χ2n) is 3.92. The summed E-state index contributed by atoms with van der Waals surface area (Å²) in [6.45, 7) is 1.26.